The van der Waals surface area contributed by atoms with E-state index in [4.69, 9.17) is 9.47 Å². The Morgan fingerprint density at radius 1 is 1.09 bits per heavy atom. The van der Waals surface area contributed by atoms with Crippen LogP contribution in [0.25, 0.3) is 0 Å². The molecule has 8 heteroatoms. The summed E-state index contributed by atoms with van der Waals surface area (Å²) in [4.78, 5) is 37.8. The van der Waals surface area contributed by atoms with Crippen LogP contribution in [0.2, 0.25) is 0 Å². The highest BCUT2D eigenvalue weighted by atomic mass is 16.7. The van der Waals surface area contributed by atoms with Gasteiger partial charge in [0.2, 0.25) is 11.6 Å². The lowest BCUT2D eigenvalue weighted by Crippen LogP contribution is -2.65. The number of ether oxygens (including phenoxy) is 2. The van der Waals surface area contributed by atoms with Crippen molar-refractivity contribution in [2.24, 2.45) is 5.92 Å². The van der Waals surface area contributed by atoms with Crippen molar-refractivity contribution in [3.63, 3.8) is 0 Å². The molecule has 2 heterocycles. The predicted octanol–water partition coefficient (Wildman–Crippen LogP) is 1.39. The van der Waals surface area contributed by atoms with E-state index in [9.17, 15) is 29.7 Å². The maximum absolute atomic E-state index is 12.9. The largest absolute Gasteiger partial charge is 0.507 e. The number of ketones is 3. The van der Waals surface area contributed by atoms with Gasteiger partial charge in [0, 0.05) is 24.5 Å². The van der Waals surface area contributed by atoms with Gasteiger partial charge in [-0.25, -0.2) is 0 Å². The quantitative estimate of drug-likeness (QED) is 0.584. The van der Waals surface area contributed by atoms with Crippen molar-refractivity contribution in [2.75, 3.05) is 6.61 Å². The van der Waals surface area contributed by atoms with Gasteiger partial charge < -0.3 is 24.8 Å². The Hall–Kier alpha value is -2.55. The molecule has 3 N–H and O–H groups in total. The molecule has 0 bridgehead atoms. The van der Waals surface area contributed by atoms with E-state index in [0.29, 0.717) is 28.0 Å². The number of aromatic hydroxyl groups is 1. The minimum absolute atomic E-state index is 0.0313. The molecule has 0 saturated heterocycles. The lowest BCUT2D eigenvalue weighted by atomic mass is 9.63. The number of phenolic OH excluding ortho intramolecular Hbond substituents is 1. The van der Waals surface area contributed by atoms with Crippen LogP contribution in [0.5, 0.6) is 11.5 Å². The predicted molar refractivity (Wildman–Crippen MR) is 112 cm³/mol. The van der Waals surface area contributed by atoms with Crippen LogP contribution in [0.15, 0.2) is 11.1 Å². The molecule has 3 aliphatic rings. The summed E-state index contributed by atoms with van der Waals surface area (Å²) in [6, 6.07) is 0. The minimum atomic E-state index is -2.36. The number of benzene rings is 1. The molecule has 1 aromatic rings. The summed E-state index contributed by atoms with van der Waals surface area (Å²) in [6.45, 7) is 8.64. The van der Waals surface area contributed by atoms with Crippen LogP contribution in [0.1, 0.15) is 49.9 Å². The Morgan fingerprint density at radius 3 is 2.31 bits per heavy atom. The van der Waals surface area contributed by atoms with E-state index in [2.05, 4.69) is 0 Å². The smallest absolute Gasteiger partial charge is 0.215 e. The molecule has 2 aliphatic heterocycles. The topological polar surface area (TPSA) is 130 Å². The van der Waals surface area contributed by atoms with E-state index in [1.54, 1.807) is 20.8 Å². The third-order valence-corrected chi connectivity index (χ3v) is 7.22. The Kier molecular flexibility index (Phi) is 4.76. The van der Waals surface area contributed by atoms with Crippen molar-refractivity contribution in [3.8, 4) is 11.5 Å². The van der Waals surface area contributed by atoms with Gasteiger partial charge in [-0.3, -0.25) is 14.4 Å². The van der Waals surface area contributed by atoms with Crippen molar-refractivity contribution in [2.45, 2.75) is 71.4 Å². The van der Waals surface area contributed by atoms with Crippen LogP contribution in [-0.4, -0.2) is 56.3 Å². The fourth-order valence-corrected chi connectivity index (χ4v) is 5.44. The van der Waals surface area contributed by atoms with E-state index in [1.165, 1.54) is 13.8 Å². The zero-order valence-electron chi connectivity index (χ0n) is 19.1. The van der Waals surface area contributed by atoms with Gasteiger partial charge in [0.25, 0.3) is 0 Å². The number of Topliss-reactive ketones (excluding diaryl/α,β-unsaturated/α-hetero) is 3. The lowest BCUT2D eigenvalue weighted by molar-refractivity contribution is -0.216. The molecule has 4 rings (SSSR count). The molecule has 1 aliphatic carbocycles. The minimum Gasteiger partial charge on any atom is -0.507 e. The van der Waals surface area contributed by atoms with Crippen molar-refractivity contribution >= 4 is 17.3 Å². The van der Waals surface area contributed by atoms with E-state index < -0.39 is 34.5 Å². The molecule has 0 unspecified atom stereocenters. The fourth-order valence-electron chi connectivity index (χ4n) is 5.44. The van der Waals surface area contributed by atoms with Gasteiger partial charge in [-0.15, -0.1) is 0 Å². The number of fused-ring (bicyclic) bond motifs is 3. The molecule has 0 spiro atoms. The molecule has 4 atom stereocenters. The maximum atomic E-state index is 12.9. The molecule has 172 valence electrons. The summed E-state index contributed by atoms with van der Waals surface area (Å²) in [5, 5.41) is 32.4. The molecule has 8 nitrogen and oxygen atoms in total. The van der Waals surface area contributed by atoms with Crippen molar-refractivity contribution in [1.29, 1.82) is 0 Å². The standard InChI is InChI=1S/C24H28O8/c1-10(25)7-13-11(2)18(26)12(3)19-14(13)8-16-17-15(9-31-24(16,6)32-19)20(27)23(5,30)21(28)22(17,4)29/h16,26,29-30H,7-9H2,1-6H3/t16-,22+,23-,24-/m1/s1. The summed E-state index contributed by atoms with van der Waals surface area (Å²) >= 11 is 0. The average Bonchev–Trinajstić information content (AvgIpc) is 2.71. The summed E-state index contributed by atoms with van der Waals surface area (Å²) in [6.07, 6.45) is 0.290. The highest BCUT2D eigenvalue weighted by molar-refractivity contribution is 6.23. The fraction of sp³-hybridized carbons (Fsp3) is 0.542. The number of hydrogen-bond acceptors (Lipinski definition) is 8. The van der Waals surface area contributed by atoms with Gasteiger partial charge >= 0.3 is 0 Å². The van der Waals surface area contributed by atoms with E-state index in [-0.39, 0.29) is 42.1 Å². The highest BCUT2D eigenvalue weighted by Crippen LogP contribution is 2.53. The number of phenols is 1. The van der Waals surface area contributed by atoms with E-state index in [1.807, 2.05) is 0 Å². The molecule has 0 fully saturated rings. The van der Waals surface area contributed by atoms with Crippen molar-refractivity contribution in [1.82, 2.24) is 0 Å². The van der Waals surface area contributed by atoms with E-state index >= 15 is 0 Å². The molecular formula is C24H28O8. The molecular weight excluding hydrogens is 416 g/mol. The zero-order valence-corrected chi connectivity index (χ0v) is 19.1. The first-order chi connectivity index (χ1) is 14.6. The lowest BCUT2D eigenvalue weighted by Gasteiger charge is -2.52. The molecule has 32 heavy (non-hydrogen) atoms. The van der Waals surface area contributed by atoms with Crippen LogP contribution in [-0.2, 0) is 32.0 Å². The first kappa shape index (κ1) is 22.6. The monoisotopic (exact) mass is 444 g/mol. The molecule has 0 radical (unpaired) electrons. The maximum Gasteiger partial charge on any atom is 0.215 e. The number of hydrogen-bond donors (Lipinski definition) is 3. The number of rotatable bonds is 2. The second-order valence-corrected chi connectivity index (χ2v) is 9.62. The van der Waals surface area contributed by atoms with Crippen LogP contribution in [0.3, 0.4) is 0 Å². The Bertz CT molecular complexity index is 1120. The third-order valence-electron chi connectivity index (χ3n) is 7.22. The molecule has 0 amide bonds. The first-order valence-electron chi connectivity index (χ1n) is 10.6. The first-order valence-corrected chi connectivity index (χ1v) is 10.6. The molecule has 0 saturated carbocycles. The van der Waals surface area contributed by atoms with Gasteiger partial charge in [-0.2, -0.15) is 0 Å². The Balaban J connectivity index is 1.96. The Labute approximate surface area is 185 Å². The summed E-state index contributed by atoms with van der Waals surface area (Å²) in [5.74, 6) is -3.52. The van der Waals surface area contributed by atoms with E-state index in [0.717, 1.165) is 6.92 Å². The zero-order chi connectivity index (χ0) is 24.0. The van der Waals surface area contributed by atoms with Crippen LogP contribution in [0.4, 0.5) is 0 Å². The number of aliphatic hydroxyl groups is 2. The van der Waals surface area contributed by atoms with Crippen molar-refractivity contribution < 1.29 is 39.2 Å². The normalized spacial score (nSPS) is 33.9. The highest BCUT2D eigenvalue weighted by Gasteiger charge is 2.62. The Morgan fingerprint density at radius 2 is 1.72 bits per heavy atom. The van der Waals surface area contributed by atoms with Gasteiger partial charge in [-0.05, 0) is 63.3 Å². The summed E-state index contributed by atoms with van der Waals surface area (Å²) in [7, 11) is 0. The summed E-state index contributed by atoms with van der Waals surface area (Å²) in [5.41, 5.74) is -1.88. The third kappa shape index (κ3) is 2.82. The van der Waals surface area contributed by atoms with Crippen LogP contribution >= 0.6 is 0 Å². The van der Waals surface area contributed by atoms with Crippen molar-refractivity contribution in [3.05, 3.63) is 33.4 Å². The summed E-state index contributed by atoms with van der Waals surface area (Å²) < 4.78 is 12.2. The second-order valence-electron chi connectivity index (χ2n) is 9.62. The molecule has 0 aromatic heterocycles. The van der Waals surface area contributed by atoms with Gasteiger partial charge in [0.15, 0.2) is 11.4 Å². The number of carbonyl (C=O) groups is 3. The van der Waals surface area contributed by atoms with Gasteiger partial charge in [-0.1, -0.05) is 0 Å². The van der Waals surface area contributed by atoms with Gasteiger partial charge in [0.1, 0.15) is 22.9 Å². The molecule has 1 aromatic carbocycles. The SMILES string of the molecule is CC(=O)Cc1c(C)c(O)c(C)c2c1C[C@@H]1C3=C(CO[C@]1(C)O2)C(=O)[C@@](C)(O)C(=O)[C@@]3(C)O. The number of carbonyl (C=O) groups excluding carboxylic acids is 3. The van der Waals surface area contributed by atoms with Crippen LogP contribution < -0.4 is 4.74 Å². The average molecular weight is 444 g/mol. The second kappa shape index (κ2) is 6.73. The van der Waals surface area contributed by atoms with Gasteiger partial charge in [0.05, 0.1) is 12.5 Å². The van der Waals surface area contributed by atoms with Crippen LogP contribution in [0, 0.1) is 19.8 Å².